The Balaban J connectivity index is 1.70. The molecule has 9 nitrogen and oxygen atoms in total. The molecule has 144 valence electrons. The molecule has 0 bridgehead atoms. The summed E-state index contributed by atoms with van der Waals surface area (Å²) in [5, 5.41) is 0. The molecule has 0 aliphatic heterocycles. The van der Waals surface area contributed by atoms with Gasteiger partial charge in [-0.15, -0.1) is 0 Å². The monoisotopic (exact) mass is 373 g/mol. The lowest BCUT2D eigenvalue weighted by molar-refractivity contribution is -0.132. The first-order valence-corrected chi connectivity index (χ1v) is 8.72. The van der Waals surface area contributed by atoms with E-state index in [2.05, 4.69) is 4.98 Å². The minimum absolute atomic E-state index is 0.0105. The molecule has 3 aromatic rings. The number of furan rings is 1. The van der Waals surface area contributed by atoms with Crippen molar-refractivity contribution in [1.82, 2.24) is 23.6 Å². The summed E-state index contributed by atoms with van der Waals surface area (Å²) in [5.74, 6) is 0.722. The van der Waals surface area contributed by atoms with Gasteiger partial charge in [0, 0.05) is 34.1 Å². The maximum atomic E-state index is 12.4. The van der Waals surface area contributed by atoms with Gasteiger partial charge in [-0.2, -0.15) is 0 Å². The molecule has 27 heavy (non-hydrogen) atoms. The molecule has 0 N–H and O–H groups in total. The summed E-state index contributed by atoms with van der Waals surface area (Å²) in [6.07, 6.45) is 3.99. The number of carbonyl (C=O) groups is 1. The third kappa shape index (κ3) is 3.32. The standard InChI is InChI=1S/C18H23N5O4/c1-12(13-7-6-10-27-13)20(2)14(24)8-5-9-23-11-19-16-15(23)17(25)22(4)18(26)21(16)3/h6-7,10-12H,5,8-9H2,1-4H3. The first-order chi connectivity index (χ1) is 12.8. The third-order valence-electron chi connectivity index (χ3n) is 4.94. The highest BCUT2D eigenvalue weighted by Gasteiger charge is 2.19. The van der Waals surface area contributed by atoms with Gasteiger partial charge in [-0.25, -0.2) is 9.78 Å². The molecular formula is C18H23N5O4. The molecule has 0 saturated heterocycles. The average Bonchev–Trinajstić information content (AvgIpc) is 3.33. The second kappa shape index (κ2) is 7.26. The van der Waals surface area contributed by atoms with Crippen LogP contribution in [0.5, 0.6) is 0 Å². The lowest BCUT2D eigenvalue weighted by atomic mass is 10.2. The summed E-state index contributed by atoms with van der Waals surface area (Å²) in [5.41, 5.74) is -0.0932. The minimum atomic E-state index is -0.415. The van der Waals surface area contributed by atoms with E-state index in [0.29, 0.717) is 30.6 Å². The van der Waals surface area contributed by atoms with Crippen LogP contribution in [0.4, 0.5) is 0 Å². The van der Waals surface area contributed by atoms with Gasteiger partial charge in [0.05, 0.1) is 18.6 Å². The van der Waals surface area contributed by atoms with E-state index in [0.717, 1.165) is 10.3 Å². The predicted molar refractivity (Wildman–Crippen MR) is 99.3 cm³/mol. The number of amides is 1. The molecule has 3 aromatic heterocycles. The number of aryl methyl sites for hydroxylation is 2. The molecule has 0 aliphatic carbocycles. The lowest BCUT2D eigenvalue weighted by Crippen LogP contribution is -2.37. The summed E-state index contributed by atoms with van der Waals surface area (Å²) in [6, 6.07) is 3.48. The van der Waals surface area contributed by atoms with E-state index in [1.54, 1.807) is 35.9 Å². The Morgan fingerprint density at radius 3 is 2.70 bits per heavy atom. The van der Waals surface area contributed by atoms with Crippen molar-refractivity contribution in [3.63, 3.8) is 0 Å². The van der Waals surface area contributed by atoms with E-state index in [1.807, 2.05) is 13.0 Å². The molecule has 1 amide bonds. The highest BCUT2D eigenvalue weighted by atomic mass is 16.3. The number of fused-ring (bicyclic) bond motifs is 1. The lowest BCUT2D eigenvalue weighted by Gasteiger charge is -2.23. The predicted octanol–water partition coefficient (Wildman–Crippen LogP) is 1.03. The smallest absolute Gasteiger partial charge is 0.332 e. The summed E-state index contributed by atoms with van der Waals surface area (Å²) >= 11 is 0. The second-order valence-corrected chi connectivity index (χ2v) is 6.62. The first-order valence-electron chi connectivity index (χ1n) is 8.72. The van der Waals surface area contributed by atoms with Crippen molar-refractivity contribution in [2.45, 2.75) is 32.4 Å². The average molecular weight is 373 g/mol. The summed E-state index contributed by atoms with van der Waals surface area (Å²) in [4.78, 5) is 42.7. The van der Waals surface area contributed by atoms with E-state index in [4.69, 9.17) is 4.42 Å². The Morgan fingerprint density at radius 1 is 1.30 bits per heavy atom. The Labute approximate surface area is 155 Å². The summed E-state index contributed by atoms with van der Waals surface area (Å²) in [7, 11) is 4.76. The Morgan fingerprint density at radius 2 is 2.04 bits per heavy atom. The van der Waals surface area contributed by atoms with Gasteiger partial charge in [0.2, 0.25) is 5.91 Å². The molecule has 3 rings (SSSR count). The molecule has 0 fully saturated rings. The van der Waals surface area contributed by atoms with Gasteiger partial charge in [-0.05, 0) is 25.5 Å². The molecule has 9 heteroatoms. The molecule has 0 radical (unpaired) electrons. The molecule has 0 spiro atoms. The van der Waals surface area contributed by atoms with E-state index in [9.17, 15) is 14.4 Å². The maximum Gasteiger partial charge on any atom is 0.332 e. The highest BCUT2D eigenvalue weighted by molar-refractivity contribution is 5.76. The zero-order valence-corrected chi connectivity index (χ0v) is 15.9. The van der Waals surface area contributed by atoms with Crippen LogP contribution < -0.4 is 11.2 Å². The van der Waals surface area contributed by atoms with Crippen molar-refractivity contribution in [1.29, 1.82) is 0 Å². The molecule has 0 saturated carbocycles. The van der Waals surface area contributed by atoms with Crippen LogP contribution >= 0.6 is 0 Å². The fraction of sp³-hybridized carbons (Fsp3) is 0.444. The van der Waals surface area contributed by atoms with Crippen LogP contribution in [0.1, 0.15) is 31.6 Å². The van der Waals surface area contributed by atoms with Crippen LogP contribution in [-0.2, 0) is 25.4 Å². The Kier molecular flexibility index (Phi) is 5.02. The van der Waals surface area contributed by atoms with Crippen LogP contribution in [-0.4, -0.2) is 36.5 Å². The zero-order valence-electron chi connectivity index (χ0n) is 15.9. The second-order valence-electron chi connectivity index (χ2n) is 6.62. The van der Waals surface area contributed by atoms with Crippen molar-refractivity contribution >= 4 is 17.1 Å². The molecule has 0 aliphatic rings. The van der Waals surface area contributed by atoms with Crippen molar-refractivity contribution in [2.24, 2.45) is 14.1 Å². The minimum Gasteiger partial charge on any atom is -0.467 e. The fourth-order valence-electron chi connectivity index (χ4n) is 3.08. The fourth-order valence-corrected chi connectivity index (χ4v) is 3.08. The highest BCUT2D eigenvalue weighted by Crippen LogP contribution is 2.20. The van der Waals surface area contributed by atoms with Gasteiger partial charge in [0.1, 0.15) is 5.76 Å². The molecular weight excluding hydrogens is 350 g/mol. The van der Waals surface area contributed by atoms with Crippen LogP contribution in [0.3, 0.4) is 0 Å². The summed E-state index contributed by atoms with van der Waals surface area (Å²) < 4.78 is 9.45. The van der Waals surface area contributed by atoms with E-state index in [1.165, 1.54) is 17.9 Å². The van der Waals surface area contributed by atoms with Gasteiger partial charge in [-0.1, -0.05) is 0 Å². The Hall–Kier alpha value is -3.10. The first kappa shape index (κ1) is 18.7. The summed E-state index contributed by atoms with van der Waals surface area (Å²) in [6.45, 7) is 2.36. The largest absolute Gasteiger partial charge is 0.467 e. The number of aromatic nitrogens is 4. The molecule has 0 aromatic carbocycles. The van der Waals surface area contributed by atoms with Crippen LogP contribution in [0.15, 0.2) is 38.7 Å². The van der Waals surface area contributed by atoms with Gasteiger partial charge in [0.25, 0.3) is 5.56 Å². The Bertz CT molecular complexity index is 1070. The van der Waals surface area contributed by atoms with Gasteiger partial charge < -0.3 is 13.9 Å². The van der Waals surface area contributed by atoms with Gasteiger partial charge >= 0.3 is 5.69 Å². The number of hydrogen-bond donors (Lipinski definition) is 0. The number of carbonyl (C=O) groups excluding carboxylic acids is 1. The number of imidazole rings is 1. The van der Waals surface area contributed by atoms with Crippen molar-refractivity contribution in [3.05, 3.63) is 51.3 Å². The van der Waals surface area contributed by atoms with Gasteiger partial charge in [0.15, 0.2) is 11.2 Å². The number of nitrogens with zero attached hydrogens (tertiary/aromatic N) is 5. The molecule has 1 unspecified atom stereocenters. The number of hydrogen-bond acceptors (Lipinski definition) is 5. The SMILES string of the molecule is CC(c1ccco1)N(C)C(=O)CCCn1cnc2c1c(=O)n(C)c(=O)n2C. The molecule has 3 heterocycles. The zero-order chi connectivity index (χ0) is 19.7. The van der Waals surface area contributed by atoms with E-state index >= 15 is 0 Å². The van der Waals surface area contributed by atoms with Crippen molar-refractivity contribution in [3.8, 4) is 0 Å². The quantitative estimate of drug-likeness (QED) is 0.643. The van der Waals surface area contributed by atoms with Crippen molar-refractivity contribution in [2.75, 3.05) is 7.05 Å². The van der Waals surface area contributed by atoms with E-state index in [-0.39, 0.29) is 17.5 Å². The topological polar surface area (TPSA) is 95.3 Å². The third-order valence-corrected chi connectivity index (χ3v) is 4.94. The number of rotatable bonds is 6. The molecule has 1 atom stereocenters. The van der Waals surface area contributed by atoms with Gasteiger partial charge in [-0.3, -0.25) is 18.7 Å². The van der Waals surface area contributed by atoms with Crippen molar-refractivity contribution < 1.29 is 9.21 Å². The normalized spacial score (nSPS) is 12.4. The maximum absolute atomic E-state index is 12.4. The van der Waals surface area contributed by atoms with Crippen LogP contribution in [0.25, 0.3) is 11.2 Å². The van der Waals surface area contributed by atoms with E-state index < -0.39 is 5.69 Å². The van der Waals surface area contributed by atoms with Crippen LogP contribution in [0.2, 0.25) is 0 Å². The van der Waals surface area contributed by atoms with Crippen LogP contribution in [0, 0.1) is 0 Å².